The molecule has 0 radical (unpaired) electrons. The molecular weight excluding hydrogens is 304 g/mol. The lowest BCUT2D eigenvalue weighted by Gasteiger charge is -2.34. The number of rotatable bonds is 3. The largest absolute Gasteiger partial charge is 0.393 e. The smallest absolute Gasteiger partial charge is 0.317 e. The molecule has 1 saturated carbocycles. The zero-order valence-electron chi connectivity index (χ0n) is 14.0. The van der Waals surface area contributed by atoms with Crippen molar-refractivity contribution in [2.24, 2.45) is 5.92 Å². The molecule has 1 aromatic rings. The van der Waals surface area contributed by atoms with Gasteiger partial charge >= 0.3 is 6.03 Å². The van der Waals surface area contributed by atoms with Crippen LogP contribution >= 0.6 is 0 Å². The normalized spacial score (nSPS) is 25.3. The van der Waals surface area contributed by atoms with Crippen LogP contribution in [0.4, 0.5) is 4.79 Å². The van der Waals surface area contributed by atoms with E-state index in [9.17, 15) is 14.7 Å². The highest BCUT2D eigenvalue weighted by atomic mass is 16.3. The van der Waals surface area contributed by atoms with E-state index in [2.05, 4.69) is 5.32 Å². The van der Waals surface area contributed by atoms with Gasteiger partial charge in [-0.2, -0.15) is 0 Å². The summed E-state index contributed by atoms with van der Waals surface area (Å²) in [4.78, 5) is 26.7. The minimum absolute atomic E-state index is 0.0151. The van der Waals surface area contributed by atoms with Crippen LogP contribution in [0.25, 0.3) is 0 Å². The van der Waals surface area contributed by atoms with Crippen molar-refractivity contribution < 1.29 is 14.7 Å². The molecule has 1 heterocycles. The molecule has 1 aliphatic carbocycles. The van der Waals surface area contributed by atoms with Crippen molar-refractivity contribution in [3.8, 4) is 0 Å². The number of likely N-dealkylation sites (tertiary alicyclic amines) is 1. The number of piperidine rings is 1. The molecule has 2 N–H and O–H groups in total. The number of nitrogens with one attached hydrogen (secondary N) is 1. The van der Waals surface area contributed by atoms with Crippen LogP contribution in [0.2, 0.25) is 0 Å². The highest BCUT2D eigenvalue weighted by molar-refractivity contribution is 5.97. The van der Waals surface area contributed by atoms with Crippen LogP contribution in [0.1, 0.15) is 48.9 Å². The van der Waals surface area contributed by atoms with Crippen molar-refractivity contribution in [2.45, 2.75) is 50.7 Å². The zero-order valence-corrected chi connectivity index (χ0v) is 14.0. The number of Topliss-reactive ketones (excluding diaryl/α,β-unsaturated/α-hetero) is 1. The maximum Gasteiger partial charge on any atom is 0.317 e. The molecule has 3 rings (SSSR count). The molecule has 1 aliphatic heterocycles. The first kappa shape index (κ1) is 17.0. The van der Waals surface area contributed by atoms with Crippen LogP contribution in [-0.4, -0.2) is 47.1 Å². The first-order chi connectivity index (χ1) is 11.6. The summed E-state index contributed by atoms with van der Waals surface area (Å²) in [5.74, 6) is 0.207. The van der Waals surface area contributed by atoms with Crippen LogP contribution in [-0.2, 0) is 0 Å². The van der Waals surface area contributed by atoms with Gasteiger partial charge in [0, 0.05) is 30.6 Å². The Balaban J connectivity index is 1.46. The van der Waals surface area contributed by atoms with Gasteiger partial charge in [0.25, 0.3) is 0 Å². The van der Waals surface area contributed by atoms with Crippen LogP contribution in [0.15, 0.2) is 30.3 Å². The van der Waals surface area contributed by atoms with E-state index in [1.54, 1.807) is 0 Å². The third kappa shape index (κ3) is 4.15. The summed E-state index contributed by atoms with van der Waals surface area (Å²) in [5, 5.41) is 12.6. The SMILES string of the molecule is O=C(c1ccccc1)C1CCN(C(=O)NC2CCC(O)CC2)CC1. The van der Waals surface area contributed by atoms with Gasteiger partial charge in [-0.25, -0.2) is 4.79 Å². The van der Waals surface area contributed by atoms with Gasteiger partial charge < -0.3 is 15.3 Å². The molecule has 2 fully saturated rings. The third-order valence-electron chi connectivity index (χ3n) is 5.24. The Hall–Kier alpha value is -1.88. The molecule has 2 aliphatic rings. The molecular formula is C19H26N2O3. The highest BCUT2D eigenvalue weighted by Crippen LogP contribution is 2.23. The standard InChI is InChI=1S/C19H26N2O3/c22-17-8-6-16(7-9-17)20-19(24)21-12-10-15(11-13-21)18(23)14-4-2-1-3-5-14/h1-5,15-17,22H,6-13H2,(H,20,24). The predicted molar refractivity (Wildman–Crippen MR) is 91.9 cm³/mol. The molecule has 2 amide bonds. The second kappa shape index (κ2) is 7.79. The number of hydrogen-bond acceptors (Lipinski definition) is 3. The Morgan fingerprint density at radius 2 is 1.58 bits per heavy atom. The van der Waals surface area contributed by atoms with Crippen molar-refractivity contribution in [3.63, 3.8) is 0 Å². The summed E-state index contributed by atoms with van der Waals surface area (Å²) >= 11 is 0. The molecule has 1 saturated heterocycles. The molecule has 130 valence electrons. The van der Waals surface area contributed by atoms with Crippen LogP contribution in [0.3, 0.4) is 0 Å². The van der Waals surface area contributed by atoms with Gasteiger partial charge in [-0.05, 0) is 38.5 Å². The first-order valence-electron chi connectivity index (χ1n) is 8.96. The summed E-state index contributed by atoms with van der Waals surface area (Å²) in [5.41, 5.74) is 0.765. The number of benzene rings is 1. The number of amides is 2. The van der Waals surface area contributed by atoms with Crippen molar-refractivity contribution in [2.75, 3.05) is 13.1 Å². The molecule has 1 aromatic carbocycles. The molecule has 0 unspecified atom stereocenters. The summed E-state index contributed by atoms with van der Waals surface area (Å²) in [6.07, 6.45) is 4.45. The van der Waals surface area contributed by atoms with E-state index in [0.717, 1.165) is 44.1 Å². The third-order valence-corrected chi connectivity index (χ3v) is 5.24. The summed E-state index contributed by atoms with van der Waals surface area (Å²) in [7, 11) is 0. The molecule has 0 atom stereocenters. The number of aliphatic hydroxyl groups excluding tert-OH is 1. The number of hydrogen-bond donors (Lipinski definition) is 2. The lowest BCUT2D eigenvalue weighted by atomic mass is 9.89. The van der Waals surface area contributed by atoms with E-state index in [-0.39, 0.29) is 29.9 Å². The molecule has 0 spiro atoms. The Bertz CT molecular complexity index is 559. The Morgan fingerprint density at radius 3 is 2.21 bits per heavy atom. The van der Waals surface area contributed by atoms with Gasteiger partial charge in [-0.1, -0.05) is 30.3 Å². The van der Waals surface area contributed by atoms with E-state index in [1.165, 1.54) is 0 Å². The monoisotopic (exact) mass is 330 g/mol. The van der Waals surface area contributed by atoms with Gasteiger partial charge in [-0.15, -0.1) is 0 Å². The van der Waals surface area contributed by atoms with Crippen LogP contribution < -0.4 is 5.32 Å². The van der Waals surface area contributed by atoms with Gasteiger partial charge in [-0.3, -0.25) is 4.79 Å². The van der Waals surface area contributed by atoms with Crippen LogP contribution in [0, 0.1) is 5.92 Å². The number of carbonyl (C=O) groups is 2. The Morgan fingerprint density at radius 1 is 0.958 bits per heavy atom. The molecule has 5 heteroatoms. The highest BCUT2D eigenvalue weighted by Gasteiger charge is 2.29. The van der Waals surface area contributed by atoms with Crippen molar-refractivity contribution in [3.05, 3.63) is 35.9 Å². The fourth-order valence-corrected chi connectivity index (χ4v) is 3.67. The Kier molecular flexibility index (Phi) is 5.51. The average Bonchev–Trinajstić information content (AvgIpc) is 2.64. The van der Waals surface area contributed by atoms with Gasteiger partial charge in [0.1, 0.15) is 0 Å². The quantitative estimate of drug-likeness (QED) is 0.837. The van der Waals surface area contributed by atoms with Crippen molar-refractivity contribution in [1.82, 2.24) is 10.2 Å². The number of aliphatic hydroxyl groups is 1. The fourth-order valence-electron chi connectivity index (χ4n) is 3.67. The number of nitrogens with zero attached hydrogens (tertiary/aromatic N) is 1. The summed E-state index contributed by atoms with van der Waals surface area (Å²) < 4.78 is 0. The number of carbonyl (C=O) groups excluding carboxylic acids is 2. The van der Waals surface area contributed by atoms with E-state index in [1.807, 2.05) is 35.2 Å². The first-order valence-corrected chi connectivity index (χ1v) is 8.96. The van der Waals surface area contributed by atoms with E-state index in [4.69, 9.17) is 0 Å². The molecule has 0 bridgehead atoms. The predicted octanol–water partition coefficient (Wildman–Crippen LogP) is 2.59. The molecule has 0 aromatic heterocycles. The minimum Gasteiger partial charge on any atom is -0.393 e. The maximum atomic E-state index is 12.5. The van der Waals surface area contributed by atoms with E-state index < -0.39 is 0 Å². The number of ketones is 1. The summed E-state index contributed by atoms with van der Waals surface area (Å²) in [6.45, 7) is 1.26. The van der Waals surface area contributed by atoms with Crippen molar-refractivity contribution in [1.29, 1.82) is 0 Å². The van der Waals surface area contributed by atoms with E-state index in [0.29, 0.717) is 13.1 Å². The minimum atomic E-state index is -0.210. The second-order valence-corrected chi connectivity index (χ2v) is 6.95. The van der Waals surface area contributed by atoms with Gasteiger partial charge in [0.15, 0.2) is 5.78 Å². The van der Waals surface area contributed by atoms with Gasteiger partial charge in [0.05, 0.1) is 6.10 Å². The second-order valence-electron chi connectivity index (χ2n) is 6.95. The van der Waals surface area contributed by atoms with Gasteiger partial charge in [0.2, 0.25) is 0 Å². The lowest BCUT2D eigenvalue weighted by Crippen LogP contribution is -2.49. The maximum absolute atomic E-state index is 12.5. The average molecular weight is 330 g/mol. The fraction of sp³-hybridized carbons (Fsp3) is 0.579. The zero-order chi connectivity index (χ0) is 16.9. The molecule has 5 nitrogen and oxygen atoms in total. The topological polar surface area (TPSA) is 69.6 Å². The molecule has 24 heavy (non-hydrogen) atoms. The van der Waals surface area contributed by atoms with Crippen molar-refractivity contribution >= 4 is 11.8 Å². The Labute approximate surface area is 143 Å². The number of urea groups is 1. The summed E-state index contributed by atoms with van der Waals surface area (Å²) in [6, 6.07) is 9.55. The lowest BCUT2D eigenvalue weighted by molar-refractivity contribution is 0.0849. The van der Waals surface area contributed by atoms with Crippen LogP contribution in [0.5, 0.6) is 0 Å². The van der Waals surface area contributed by atoms with E-state index >= 15 is 0 Å².